The van der Waals surface area contributed by atoms with Crippen LogP contribution >= 0.6 is 0 Å². The number of pyridine rings is 1. The van der Waals surface area contributed by atoms with Crippen molar-refractivity contribution in [1.29, 1.82) is 0 Å². The summed E-state index contributed by atoms with van der Waals surface area (Å²) in [4.78, 5) is 22.3. The molecule has 8 heteroatoms. The van der Waals surface area contributed by atoms with Crippen LogP contribution in [0.1, 0.15) is 11.3 Å². The zero-order valence-corrected chi connectivity index (χ0v) is 14.0. The van der Waals surface area contributed by atoms with Crippen LogP contribution in [0, 0.1) is 0 Å². The number of aliphatic carboxylic acids is 2. The highest BCUT2D eigenvalue weighted by molar-refractivity contribution is 6.26. The number of carboxylic acids is 2. The molecular formula is C17H20N2O6. The first-order chi connectivity index (χ1) is 12.0. The molecule has 0 bridgehead atoms. The van der Waals surface area contributed by atoms with Crippen LogP contribution in [0.4, 0.5) is 0 Å². The minimum absolute atomic E-state index is 0.770. The molecule has 0 fully saturated rings. The third-order valence-corrected chi connectivity index (χ3v) is 3.10. The number of hydrogen-bond acceptors (Lipinski definition) is 6. The average molecular weight is 348 g/mol. The molecule has 0 spiro atoms. The summed E-state index contributed by atoms with van der Waals surface area (Å²) in [5, 5.41) is 18.5. The Morgan fingerprint density at radius 2 is 1.84 bits per heavy atom. The normalized spacial score (nSPS) is 9.52. The van der Waals surface area contributed by atoms with Crippen molar-refractivity contribution in [3.05, 3.63) is 53.9 Å². The van der Waals surface area contributed by atoms with E-state index in [9.17, 15) is 0 Å². The molecular weight excluding hydrogens is 328 g/mol. The minimum Gasteiger partial charge on any atom is -0.539 e. The van der Waals surface area contributed by atoms with Gasteiger partial charge in [-0.15, -0.1) is 0 Å². The summed E-state index contributed by atoms with van der Waals surface area (Å²) in [6, 6.07) is 11.9. The number of carbonyl (C=O) groups is 2. The Bertz CT molecular complexity index is 679. The van der Waals surface area contributed by atoms with E-state index < -0.39 is 11.9 Å². The smallest absolute Gasteiger partial charge is 0.351 e. The maximum absolute atomic E-state index is 9.04. The maximum Gasteiger partial charge on any atom is 0.351 e. The maximum atomic E-state index is 9.04. The van der Waals surface area contributed by atoms with Crippen molar-refractivity contribution in [2.45, 2.75) is 13.1 Å². The van der Waals surface area contributed by atoms with E-state index in [0.29, 0.717) is 0 Å². The predicted octanol–water partition coefficient (Wildman–Crippen LogP) is -0.817. The quantitative estimate of drug-likeness (QED) is 0.654. The van der Waals surface area contributed by atoms with Gasteiger partial charge in [0.15, 0.2) is 17.5 Å². The molecule has 8 nitrogen and oxygen atoms in total. The van der Waals surface area contributed by atoms with Crippen molar-refractivity contribution < 1.29 is 34.6 Å². The SMILES string of the molecule is COc1cccc(C[NH2+]Cc2ccccn2)c1OC.O=C([O-])C(=O)O. The van der Waals surface area contributed by atoms with Crippen molar-refractivity contribution >= 4 is 11.9 Å². The number of benzene rings is 1. The zero-order chi connectivity index (χ0) is 18.7. The largest absolute Gasteiger partial charge is 0.539 e. The molecule has 134 valence electrons. The number of nitrogens with zero attached hydrogens (tertiary/aromatic N) is 1. The molecule has 1 aromatic heterocycles. The Balaban J connectivity index is 0.000000450. The Labute approximate surface area is 145 Å². The molecule has 0 saturated carbocycles. The van der Waals surface area contributed by atoms with Gasteiger partial charge in [-0.2, -0.15) is 0 Å². The van der Waals surface area contributed by atoms with Crippen molar-refractivity contribution in [3.8, 4) is 11.5 Å². The van der Waals surface area contributed by atoms with E-state index in [4.69, 9.17) is 29.3 Å². The highest BCUT2D eigenvalue weighted by atomic mass is 16.5. The summed E-state index contributed by atoms with van der Waals surface area (Å²) in [5.74, 6) is -2.43. The average Bonchev–Trinajstić information content (AvgIpc) is 2.62. The number of carboxylic acid groups (broad SMARTS) is 2. The zero-order valence-electron chi connectivity index (χ0n) is 14.0. The number of hydrogen-bond donors (Lipinski definition) is 2. The summed E-state index contributed by atoms with van der Waals surface area (Å²) in [6.07, 6.45) is 1.81. The predicted molar refractivity (Wildman–Crippen MR) is 85.8 cm³/mol. The Morgan fingerprint density at radius 1 is 1.12 bits per heavy atom. The molecule has 0 aliphatic carbocycles. The number of carbonyl (C=O) groups excluding carboxylic acids is 1. The van der Waals surface area contributed by atoms with Gasteiger partial charge in [0, 0.05) is 6.20 Å². The summed E-state index contributed by atoms with van der Waals surface area (Å²) in [5.41, 5.74) is 2.20. The van der Waals surface area contributed by atoms with E-state index in [1.807, 2.05) is 36.5 Å². The molecule has 0 saturated heterocycles. The molecule has 0 aliphatic heterocycles. The van der Waals surface area contributed by atoms with Gasteiger partial charge in [0.25, 0.3) is 0 Å². The number of methoxy groups -OCH3 is 2. The lowest BCUT2D eigenvalue weighted by Gasteiger charge is -2.11. The first-order valence-electron chi connectivity index (χ1n) is 7.35. The molecule has 0 amide bonds. The van der Waals surface area contributed by atoms with E-state index in [1.54, 1.807) is 14.2 Å². The molecule has 3 N–H and O–H groups in total. The van der Waals surface area contributed by atoms with E-state index >= 15 is 0 Å². The summed E-state index contributed by atoms with van der Waals surface area (Å²) < 4.78 is 10.7. The standard InChI is InChI=1S/C15H18N2O2.C2H2O4/c1-18-14-8-5-6-12(15(14)19-2)10-16-11-13-7-3-4-9-17-13;3-1(4)2(5)6/h3-9,16H,10-11H2,1-2H3;(H,3,4)(H,5,6). The molecule has 2 rings (SSSR count). The third kappa shape index (κ3) is 6.88. The molecule has 0 atom stereocenters. The van der Waals surface area contributed by atoms with Crippen molar-refractivity contribution in [2.75, 3.05) is 14.2 Å². The highest BCUT2D eigenvalue weighted by Crippen LogP contribution is 2.29. The van der Waals surface area contributed by atoms with Crippen LogP contribution in [0.5, 0.6) is 11.5 Å². The van der Waals surface area contributed by atoms with Gasteiger partial charge in [-0.25, -0.2) is 4.79 Å². The molecule has 0 aliphatic rings. The summed E-state index contributed by atoms with van der Waals surface area (Å²) in [7, 11) is 3.32. The molecule has 0 unspecified atom stereocenters. The number of aromatic nitrogens is 1. The number of ether oxygens (including phenoxy) is 2. The Kier molecular flexibility index (Phi) is 8.45. The van der Waals surface area contributed by atoms with Crippen LogP contribution in [0.25, 0.3) is 0 Å². The number of rotatable bonds is 6. The fraction of sp³-hybridized carbons (Fsp3) is 0.235. The molecule has 2 aromatic rings. The number of para-hydroxylation sites is 1. The van der Waals surface area contributed by atoms with Gasteiger partial charge in [0.1, 0.15) is 13.1 Å². The fourth-order valence-corrected chi connectivity index (χ4v) is 2.01. The van der Waals surface area contributed by atoms with Crippen LogP contribution in [0.3, 0.4) is 0 Å². The van der Waals surface area contributed by atoms with Crippen LogP contribution in [0.2, 0.25) is 0 Å². The molecule has 1 aromatic carbocycles. The van der Waals surface area contributed by atoms with Crippen LogP contribution in [-0.2, 0) is 22.7 Å². The summed E-state index contributed by atoms with van der Waals surface area (Å²) >= 11 is 0. The lowest BCUT2D eigenvalue weighted by atomic mass is 10.2. The van der Waals surface area contributed by atoms with Gasteiger partial charge >= 0.3 is 5.97 Å². The first kappa shape index (κ1) is 19.9. The first-order valence-corrected chi connectivity index (χ1v) is 7.35. The summed E-state index contributed by atoms with van der Waals surface area (Å²) in [6.45, 7) is 1.68. The van der Waals surface area contributed by atoms with Crippen LogP contribution < -0.4 is 19.9 Å². The van der Waals surface area contributed by atoms with E-state index in [1.165, 1.54) is 0 Å². The van der Waals surface area contributed by atoms with Gasteiger partial charge in [-0.3, -0.25) is 4.98 Å². The van der Waals surface area contributed by atoms with Crippen LogP contribution in [0.15, 0.2) is 42.6 Å². The van der Waals surface area contributed by atoms with Crippen molar-refractivity contribution in [3.63, 3.8) is 0 Å². The molecule has 0 radical (unpaired) electrons. The topological polar surface area (TPSA) is 125 Å². The fourth-order valence-electron chi connectivity index (χ4n) is 2.01. The van der Waals surface area contributed by atoms with E-state index in [-0.39, 0.29) is 0 Å². The second-order valence-corrected chi connectivity index (χ2v) is 4.76. The van der Waals surface area contributed by atoms with Gasteiger partial charge < -0.3 is 29.8 Å². The third-order valence-electron chi connectivity index (χ3n) is 3.10. The Hall–Kier alpha value is -3.13. The highest BCUT2D eigenvalue weighted by Gasteiger charge is 2.10. The van der Waals surface area contributed by atoms with Crippen molar-refractivity contribution in [2.24, 2.45) is 0 Å². The van der Waals surface area contributed by atoms with Gasteiger partial charge in [-0.1, -0.05) is 12.1 Å². The second kappa shape index (κ2) is 10.6. The second-order valence-electron chi connectivity index (χ2n) is 4.76. The monoisotopic (exact) mass is 348 g/mol. The lowest BCUT2D eigenvalue weighted by molar-refractivity contribution is -0.686. The van der Waals surface area contributed by atoms with Gasteiger partial charge in [0.2, 0.25) is 0 Å². The van der Waals surface area contributed by atoms with E-state index in [2.05, 4.69) is 16.4 Å². The van der Waals surface area contributed by atoms with Crippen molar-refractivity contribution in [1.82, 2.24) is 4.98 Å². The molecule has 25 heavy (non-hydrogen) atoms. The number of nitrogens with two attached hydrogens (primary N) is 1. The van der Waals surface area contributed by atoms with Gasteiger partial charge in [0.05, 0.1) is 25.5 Å². The van der Waals surface area contributed by atoms with Crippen LogP contribution in [-0.4, -0.2) is 36.2 Å². The van der Waals surface area contributed by atoms with E-state index in [0.717, 1.165) is 35.8 Å². The number of quaternary nitrogens is 1. The Morgan fingerprint density at radius 3 is 2.36 bits per heavy atom. The van der Waals surface area contributed by atoms with Gasteiger partial charge in [-0.05, 0) is 24.3 Å². The lowest BCUT2D eigenvalue weighted by Crippen LogP contribution is -2.80. The molecule has 1 heterocycles. The minimum atomic E-state index is -2.07.